The van der Waals surface area contributed by atoms with Crippen LogP contribution in [0.4, 0.5) is 0 Å². The van der Waals surface area contributed by atoms with Gasteiger partial charge in [0.25, 0.3) is 5.91 Å². The molecule has 2 aromatic carbocycles. The Bertz CT molecular complexity index is 1060. The summed E-state index contributed by atoms with van der Waals surface area (Å²) in [5, 5.41) is 4.45. The van der Waals surface area contributed by atoms with E-state index in [2.05, 4.69) is 66.1 Å². The number of carbonyl (C=O) groups excluding carboxylic acids is 1. The van der Waals surface area contributed by atoms with Crippen LogP contribution in [0.15, 0.2) is 48.5 Å². The Morgan fingerprint density at radius 3 is 2.33 bits per heavy atom. The number of carbonyl (C=O) groups is 1. The second kappa shape index (κ2) is 8.09. The summed E-state index contributed by atoms with van der Waals surface area (Å²) in [7, 11) is 4.30. The number of nitrogens with zero attached hydrogens (tertiary/aromatic N) is 2. The van der Waals surface area contributed by atoms with Crippen molar-refractivity contribution in [1.29, 1.82) is 0 Å². The highest BCUT2D eigenvalue weighted by molar-refractivity contribution is 6.13. The van der Waals surface area contributed by atoms with Gasteiger partial charge in [-0.15, -0.1) is 12.4 Å². The summed E-state index contributed by atoms with van der Waals surface area (Å²) in [5.41, 5.74) is 5.16. The van der Waals surface area contributed by atoms with Gasteiger partial charge in [-0.3, -0.25) is 4.79 Å². The van der Waals surface area contributed by atoms with E-state index >= 15 is 0 Å². The van der Waals surface area contributed by atoms with Crippen LogP contribution >= 0.6 is 12.4 Å². The van der Waals surface area contributed by atoms with Crippen LogP contribution in [-0.2, 0) is 7.05 Å². The van der Waals surface area contributed by atoms with Crippen molar-refractivity contribution in [3.63, 3.8) is 0 Å². The summed E-state index contributed by atoms with van der Waals surface area (Å²) in [4.78, 5) is 16.1. The zero-order chi connectivity index (χ0) is 20.1. The number of benzene rings is 2. The Balaban J connectivity index is 0.00000218. The maximum atomic E-state index is 13.6. The third-order valence-corrected chi connectivity index (χ3v) is 7.06. The number of halogens is 1. The summed E-state index contributed by atoms with van der Waals surface area (Å²) in [6.45, 7) is 2.09. The molecule has 2 bridgehead atoms. The molecule has 0 aliphatic carbocycles. The lowest BCUT2D eigenvalue weighted by Crippen LogP contribution is -2.48. The topological polar surface area (TPSA) is 37.3 Å². The first kappa shape index (κ1) is 21.0. The van der Waals surface area contributed by atoms with Crippen molar-refractivity contribution >= 4 is 29.2 Å². The van der Waals surface area contributed by atoms with Crippen LogP contribution in [0.3, 0.4) is 0 Å². The molecule has 2 aliphatic heterocycles. The molecule has 1 aromatic heterocycles. The third kappa shape index (κ3) is 3.42. The molecule has 2 saturated heterocycles. The van der Waals surface area contributed by atoms with E-state index in [0.717, 1.165) is 40.6 Å². The van der Waals surface area contributed by atoms with Gasteiger partial charge in [0.15, 0.2) is 0 Å². The number of fused-ring (bicyclic) bond motifs is 3. The van der Waals surface area contributed by atoms with Gasteiger partial charge in [-0.1, -0.05) is 42.0 Å². The van der Waals surface area contributed by atoms with Gasteiger partial charge in [0, 0.05) is 36.1 Å². The van der Waals surface area contributed by atoms with Crippen molar-refractivity contribution in [2.45, 2.75) is 50.7 Å². The molecule has 0 spiro atoms. The lowest BCUT2D eigenvalue weighted by atomic mass is 9.97. The molecule has 1 N–H and O–H groups in total. The molecule has 3 heterocycles. The van der Waals surface area contributed by atoms with Gasteiger partial charge >= 0.3 is 0 Å². The molecule has 3 aromatic rings. The minimum absolute atomic E-state index is 0. The zero-order valence-corrected chi connectivity index (χ0v) is 18.7. The Morgan fingerprint density at radius 1 is 1.00 bits per heavy atom. The normalized spacial score (nSPS) is 23.4. The van der Waals surface area contributed by atoms with Crippen LogP contribution in [0.25, 0.3) is 22.2 Å². The fraction of sp³-hybridized carbons (Fsp3) is 0.400. The van der Waals surface area contributed by atoms with Gasteiger partial charge in [0.1, 0.15) is 0 Å². The van der Waals surface area contributed by atoms with Crippen molar-refractivity contribution in [3.8, 4) is 11.3 Å². The highest BCUT2D eigenvalue weighted by atomic mass is 35.5. The molecule has 30 heavy (non-hydrogen) atoms. The smallest absolute Gasteiger partial charge is 0.254 e. The third-order valence-electron chi connectivity index (χ3n) is 7.06. The Hall–Kier alpha value is -2.30. The van der Waals surface area contributed by atoms with E-state index in [1.54, 1.807) is 0 Å². The molecule has 4 nitrogen and oxygen atoms in total. The first-order valence-corrected chi connectivity index (χ1v) is 10.7. The van der Waals surface area contributed by atoms with Crippen molar-refractivity contribution < 1.29 is 4.79 Å². The predicted molar refractivity (Wildman–Crippen MR) is 125 cm³/mol. The molecule has 0 radical (unpaired) electrons. The van der Waals surface area contributed by atoms with Crippen LogP contribution in [0.2, 0.25) is 0 Å². The zero-order valence-electron chi connectivity index (χ0n) is 17.9. The monoisotopic (exact) mass is 423 g/mol. The molecule has 0 saturated carbocycles. The summed E-state index contributed by atoms with van der Waals surface area (Å²) >= 11 is 0. The number of aromatic nitrogens is 1. The lowest BCUT2D eigenvalue weighted by molar-refractivity contribution is 0.0884. The first-order chi connectivity index (χ1) is 14.0. The molecular weight excluding hydrogens is 394 g/mol. The second-order valence-corrected chi connectivity index (χ2v) is 8.86. The van der Waals surface area contributed by atoms with Crippen LogP contribution in [0.1, 0.15) is 41.6 Å². The quantitative estimate of drug-likeness (QED) is 0.648. The number of hydrogen-bond donors (Lipinski definition) is 1. The van der Waals surface area contributed by atoms with Gasteiger partial charge in [0.05, 0.1) is 11.3 Å². The molecule has 158 valence electrons. The van der Waals surface area contributed by atoms with Crippen LogP contribution in [0.5, 0.6) is 0 Å². The molecule has 2 aliphatic rings. The molecular formula is C25H30ClN3O. The standard InChI is InChI=1S/C25H29N3O.ClH/c1-16-9-12-22-21(13-16)23(24(28(22)3)17-7-5-4-6-8-17)25(29)26-18-14-19-10-11-20(15-18)27(19)2;/h4-9,12-13,18-20H,10-11,14-15H2,1-3H3,(H,26,29);1H. The van der Waals surface area contributed by atoms with E-state index < -0.39 is 0 Å². The molecule has 1 amide bonds. The summed E-state index contributed by atoms with van der Waals surface area (Å²) in [6, 6.07) is 18.2. The lowest BCUT2D eigenvalue weighted by Gasteiger charge is -2.36. The Morgan fingerprint density at radius 2 is 1.67 bits per heavy atom. The van der Waals surface area contributed by atoms with E-state index in [1.807, 2.05) is 18.2 Å². The van der Waals surface area contributed by atoms with E-state index in [1.165, 1.54) is 18.4 Å². The highest BCUT2D eigenvalue weighted by Gasteiger charge is 2.39. The van der Waals surface area contributed by atoms with Crippen molar-refractivity contribution in [2.75, 3.05) is 7.05 Å². The Labute approximate surface area is 184 Å². The maximum absolute atomic E-state index is 13.6. The number of nitrogens with one attached hydrogen (secondary N) is 1. The van der Waals surface area contributed by atoms with Crippen molar-refractivity contribution in [3.05, 3.63) is 59.7 Å². The molecule has 2 unspecified atom stereocenters. The van der Waals surface area contributed by atoms with E-state index in [-0.39, 0.29) is 24.4 Å². The van der Waals surface area contributed by atoms with Gasteiger partial charge < -0.3 is 14.8 Å². The minimum Gasteiger partial charge on any atom is -0.349 e. The number of hydrogen-bond acceptors (Lipinski definition) is 2. The number of amides is 1. The fourth-order valence-electron chi connectivity index (χ4n) is 5.51. The summed E-state index contributed by atoms with van der Waals surface area (Å²) in [5.74, 6) is 0.0639. The number of rotatable bonds is 3. The largest absolute Gasteiger partial charge is 0.349 e. The van der Waals surface area contributed by atoms with Crippen LogP contribution in [0, 0.1) is 6.92 Å². The summed E-state index contributed by atoms with van der Waals surface area (Å²) < 4.78 is 2.16. The molecule has 2 fully saturated rings. The molecule has 2 atom stereocenters. The van der Waals surface area contributed by atoms with Crippen LogP contribution in [-0.4, -0.2) is 40.5 Å². The van der Waals surface area contributed by atoms with Gasteiger partial charge in [-0.05, 0) is 57.4 Å². The highest BCUT2D eigenvalue weighted by Crippen LogP contribution is 2.36. The van der Waals surface area contributed by atoms with E-state index in [9.17, 15) is 4.79 Å². The average Bonchev–Trinajstić information content (AvgIpc) is 3.09. The predicted octanol–water partition coefficient (Wildman–Crippen LogP) is 4.93. The van der Waals surface area contributed by atoms with E-state index in [0.29, 0.717) is 12.1 Å². The minimum atomic E-state index is 0. The number of aryl methyl sites for hydroxylation is 2. The van der Waals surface area contributed by atoms with E-state index in [4.69, 9.17) is 0 Å². The second-order valence-electron chi connectivity index (χ2n) is 8.86. The summed E-state index contributed by atoms with van der Waals surface area (Å²) in [6.07, 6.45) is 4.64. The van der Waals surface area contributed by atoms with Crippen molar-refractivity contribution in [1.82, 2.24) is 14.8 Å². The average molecular weight is 424 g/mol. The fourth-order valence-corrected chi connectivity index (χ4v) is 5.51. The molecule has 5 rings (SSSR count). The van der Waals surface area contributed by atoms with Crippen LogP contribution < -0.4 is 5.32 Å². The van der Waals surface area contributed by atoms with Crippen molar-refractivity contribution in [2.24, 2.45) is 7.05 Å². The van der Waals surface area contributed by atoms with Gasteiger partial charge in [-0.2, -0.15) is 0 Å². The van der Waals surface area contributed by atoms with Gasteiger partial charge in [-0.25, -0.2) is 0 Å². The first-order valence-electron chi connectivity index (χ1n) is 10.7. The maximum Gasteiger partial charge on any atom is 0.254 e. The number of piperidine rings is 1. The SMILES string of the molecule is Cc1ccc2c(c1)c(C(=O)NC1CC3CCC(C1)N3C)c(-c1ccccc1)n2C.Cl. The molecule has 5 heteroatoms. The van der Waals surface area contributed by atoms with Gasteiger partial charge in [0.2, 0.25) is 0 Å². The Kier molecular flexibility index (Phi) is 5.65.